The number of carbonyl (C=O) groups is 1. The number of halogens is 1. The normalized spacial score (nSPS) is 10.2. The number of hydrogen-bond acceptors (Lipinski definition) is 3. The minimum Gasteiger partial charge on any atom is -0.396 e. The van der Waals surface area contributed by atoms with Gasteiger partial charge in [-0.3, -0.25) is 4.79 Å². The second-order valence-corrected chi connectivity index (χ2v) is 4.26. The molecule has 20 heavy (non-hydrogen) atoms. The number of nitrogen functional groups attached to an aromatic ring is 1. The van der Waals surface area contributed by atoms with Crippen LogP contribution in [0.3, 0.4) is 0 Å². The second-order valence-electron chi connectivity index (χ2n) is 4.26. The number of anilines is 2. The monoisotopic (exact) mass is 274 g/mol. The van der Waals surface area contributed by atoms with Gasteiger partial charge in [0.25, 0.3) is 0 Å². The molecular weight excluding hydrogens is 259 g/mol. The molecule has 0 unspecified atom stereocenters. The first-order chi connectivity index (χ1) is 9.65. The lowest BCUT2D eigenvalue weighted by Gasteiger charge is -2.07. The molecular formula is C15H15FN2O2. The number of hydrogen-bond donors (Lipinski definition) is 2. The zero-order valence-corrected chi connectivity index (χ0v) is 10.8. The van der Waals surface area contributed by atoms with Crippen molar-refractivity contribution in [1.29, 1.82) is 0 Å². The molecule has 0 saturated heterocycles. The van der Waals surface area contributed by atoms with Crippen molar-refractivity contribution in [2.45, 2.75) is 6.61 Å². The van der Waals surface area contributed by atoms with E-state index in [1.54, 1.807) is 0 Å². The van der Waals surface area contributed by atoms with Gasteiger partial charge in [-0.2, -0.15) is 0 Å². The third kappa shape index (κ3) is 4.07. The van der Waals surface area contributed by atoms with Crippen LogP contribution in [0.25, 0.3) is 0 Å². The fraction of sp³-hybridized carbons (Fsp3) is 0.133. The fourth-order valence-corrected chi connectivity index (χ4v) is 1.65. The molecule has 1 amide bonds. The Kier molecular flexibility index (Phi) is 4.68. The molecule has 0 bridgehead atoms. The maximum Gasteiger partial charge on any atom is 0.250 e. The number of amides is 1. The first-order valence-corrected chi connectivity index (χ1v) is 6.11. The molecule has 0 aromatic heterocycles. The average Bonchev–Trinajstić information content (AvgIpc) is 2.44. The fourth-order valence-electron chi connectivity index (χ4n) is 1.65. The standard InChI is InChI=1S/C15H15FN2O2/c16-13-7-6-12(8-14(13)17)18-15(19)10-20-9-11-4-2-1-3-5-11/h1-8H,9-10,17H2,(H,18,19). The van der Waals surface area contributed by atoms with Crippen LogP contribution in [0.2, 0.25) is 0 Å². The van der Waals surface area contributed by atoms with Crippen molar-refractivity contribution in [3.05, 3.63) is 59.9 Å². The molecule has 0 fully saturated rings. The predicted molar refractivity (Wildman–Crippen MR) is 75.5 cm³/mol. The highest BCUT2D eigenvalue weighted by molar-refractivity contribution is 5.92. The molecule has 4 nitrogen and oxygen atoms in total. The van der Waals surface area contributed by atoms with Crippen LogP contribution in [0.4, 0.5) is 15.8 Å². The van der Waals surface area contributed by atoms with E-state index in [4.69, 9.17) is 10.5 Å². The Morgan fingerprint density at radius 2 is 1.95 bits per heavy atom. The van der Waals surface area contributed by atoms with E-state index in [1.807, 2.05) is 30.3 Å². The van der Waals surface area contributed by atoms with Crippen LogP contribution in [-0.4, -0.2) is 12.5 Å². The van der Waals surface area contributed by atoms with Gasteiger partial charge in [-0.1, -0.05) is 30.3 Å². The first kappa shape index (κ1) is 14.0. The lowest BCUT2D eigenvalue weighted by atomic mass is 10.2. The van der Waals surface area contributed by atoms with E-state index < -0.39 is 5.82 Å². The zero-order valence-electron chi connectivity index (χ0n) is 10.8. The molecule has 2 aromatic rings. The molecule has 0 radical (unpaired) electrons. The lowest BCUT2D eigenvalue weighted by Crippen LogP contribution is -2.18. The van der Waals surface area contributed by atoms with Gasteiger partial charge in [0.05, 0.1) is 12.3 Å². The molecule has 2 rings (SSSR count). The van der Waals surface area contributed by atoms with Crippen LogP contribution >= 0.6 is 0 Å². The van der Waals surface area contributed by atoms with Crippen LogP contribution < -0.4 is 11.1 Å². The molecule has 0 aliphatic carbocycles. The van der Waals surface area contributed by atoms with Gasteiger partial charge in [-0.15, -0.1) is 0 Å². The van der Waals surface area contributed by atoms with Gasteiger partial charge in [0.2, 0.25) is 5.91 Å². The number of nitrogens with one attached hydrogen (secondary N) is 1. The molecule has 0 saturated carbocycles. The molecule has 3 N–H and O–H groups in total. The topological polar surface area (TPSA) is 64.3 Å². The van der Waals surface area contributed by atoms with E-state index in [-0.39, 0.29) is 18.2 Å². The first-order valence-electron chi connectivity index (χ1n) is 6.11. The summed E-state index contributed by atoms with van der Waals surface area (Å²) in [5.74, 6) is -0.824. The Morgan fingerprint density at radius 3 is 2.65 bits per heavy atom. The van der Waals surface area contributed by atoms with E-state index in [0.29, 0.717) is 12.3 Å². The summed E-state index contributed by atoms with van der Waals surface area (Å²) in [6.45, 7) is 0.284. The number of nitrogens with two attached hydrogens (primary N) is 1. The Hall–Kier alpha value is -2.40. The molecule has 0 spiro atoms. The van der Waals surface area contributed by atoms with E-state index in [0.717, 1.165) is 5.56 Å². The molecule has 0 heterocycles. The Bertz CT molecular complexity index is 588. The largest absolute Gasteiger partial charge is 0.396 e. The van der Waals surface area contributed by atoms with Crippen molar-refractivity contribution in [3.63, 3.8) is 0 Å². The summed E-state index contributed by atoms with van der Waals surface area (Å²) in [5, 5.41) is 2.59. The van der Waals surface area contributed by atoms with Gasteiger partial charge in [0.15, 0.2) is 0 Å². The maximum atomic E-state index is 13.0. The van der Waals surface area contributed by atoms with E-state index in [1.165, 1.54) is 18.2 Å². The predicted octanol–water partition coefficient (Wildman–Crippen LogP) is 2.56. The van der Waals surface area contributed by atoms with Gasteiger partial charge in [0.1, 0.15) is 12.4 Å². The smallest absolute Gasteiger partial charge is 0.250 e. The van der Waals surface area contributed by atoms with E-state index >= 15 is 0 Å². The average molecular weight is 274 g/mol. The summed E-state index contributed by atoms with van der Waals surface area (Å²) in [4.78, 5) is 11.6. The summed E-state index contributed by atoms with van der Waals surface area (Å²) in [5.41, 5.74) is 6.84. The number of benzene rings is 2. The second kappa shape index (κ2) is 6.68. The van der Waals surface area contributed by atoms with Crippen LogP contribution in [0, 0.1) is 5.82 Å². The van der Waals surface area contributed by atoms with E-state index in [9.17, 15) is 9.18 Å². The molecule has 2 aromatic carbocycles. The quantitative estimate of drug-likeness (QED) is 0.824. The number of carbonyl (C=O) groups excluding carboxylic acids is 1. The minimum absolute atomic E-state index is 0.00648. The van der Waals surface area contributed by atoms with Gasteiger partial charge in [-0.25, -0.2) is 4.39 Å². The van der Waals surface area contributed by atoms with Crippen LogP contribution in [0.1, 0.15) is 5.56 Å². The van der Waals surface area contributed by atoms with Crippen molar-refractivity contribution in [2.75, 3.05) is 17.7 Å². The van der Waals surface area contributed by atoms with Crippen molar-refractivity contribution >= 4 is 17.3 Å². The van der Waals surface area contributed by atoms with Gasteiger partial charge in [-0.05, 0) is 23.8 Å². The summed E-state index contributed by atoms with van der Waals surface area (Å²) in [6, 6.07) is 13.6. The van der Waals surface area contributed by atoms with Crippen molar-refractivity contribution in [2.24, 2.45) is 0 Å². The van der Waals surface area contributed by atoms with Crippen LogP contribution in [0.5, 0.6) is 0 Å². The van der Waals surface area contributed by atoms with Crippen molar-refractivity contribution < 1.29 is 13.9 Å². The molecule has 0 atom stereocenters. The number of rotatable bonds is 5. The third-order valence-electron chi connectivity index (χ3n) is 2.62. The third-order valence-corrected chi connectivity index (χ3v) is 2.62. The van der Waals surface area contributed by atoms with Crippen molar-refractivity contribution in [1.82, 2.24) is 0 Å². The number of ether oxygens (including phenoxy) is 1. The minimum atomic E-state index is -0.511. The van der Waals surface area contributed by atoms with Gasteiger partial charge >= 0.3 is 0 Å². The summed E-state index contributed by atoms with van der Waals surface area (Å²) in [7, 11) is 0. The Labute approximate surface area is 116 Å². The summed E-state index contributed by atoms with van der Waals surface area (Å²) < 4.78 is 18.3. The molecule has 104 valence electrons. The zero-order chi connectivity index (χ0) is 14.4. The van der Waals surface area contributed by atoms with Crippen LogP contribution in [0.15, 0.2) is 48.5 Å². The van der Waals surface area contributed by atoms with Gasteiger partial charge in [0, 0.05) is 5.69 Å². The molecule has 0 aliphatic rings. The SMILES string of the molecule is Nc1cc(NC(=O)COCc2ccccc2)ccc1F. The van der Waals surface area contributed by atoms with Crippen LogP contribution in [-0.2, 0) is 16.1 Å². The molecule has 5 heteroatoms. The van der Waals surface area contributed by atoms with Gasteiger partial charge < -0.3 is 15.8 Å². The lowest BCUT2D eigenvalue weighted by molar-refractivity contribution is -0.121. The summed E-state index contributed by atoms with van der Waals surface area (Å²) >= 11 is 0. The van der Waals surface area contributed by atoms with Crippen molar-refractivity contribution in [3.8, 4) is 0 Å². The highest BCUT2D eigenvalue weighted by Gasteiger charge is 2.05. The highest BCUT2D eigenvalue weighted by atomic mass is 19.1. The Morgan fingerprint density at radius 1 is 1.20 bits per heavy atom. The Balaban J connectivity index is 1.79. The summed E-state index contributed by atoms with van der Waals surface area (Å²) in [6.07, 6.45) is 0. The molecule has 0 aliphatic heterocycles. The highest BCUT2D eigenvalue weighted by Crippen LogP contribution is 2.16. The maximum absolute atomic E-state index is 13.0. The van der Waals surface area contributed by atoms with E-state index in [2.05, 4.69) is 5.32 Å².